The van der Waals surface area contributed by atoms with Gasteiger partial charge >= 0.3 is 0 Å². The number of ketones is 1. The average Bonchev–Trinajstić information content (AvgIpc) is 3.03. The van der Waals surface area contributed by atoms with Crippen molar-refractivity contribution < 1.29 is 19.2 Å². The number of hydrogen-bond acceptors (Lipinski definition) is 5. The molecule has 2 aromatic carbocycles. The maximum atomic E-state index is 12.4. The number of ether oxygens (including phenoxy) is 1. The summed E-state index contributed by atoms with van der Waals surface area (Å²) in [6.45, 7) is 1.81. The van der Waals surface area contributed by atoms with Gasteiger partial charge in [0.05, 0.1) is 4.92 Å². The minimum Gasteiger partial charge on any atom is -0.484 e. The van der Waals surface area contributed by atoms with E-state index < -0.39 is 4.92 Å². The fourth-order valence-corrected chi connectivity index (χ4v) is 2.77. The minimum absolute atomic E-state index is 0.0230. The number of fused-ring (bicyclic) bond motifs is 1. The maximum Gasteiger partial charge on any atom is 0.269 e. The molecule has 1 aliphatic heterocycles. The minimum atomic E-state index is -0.446. The Balaban J connectivity index is 1.65. The van der Waals surface area contributed by atoms with Gasteiger partial charge in [0.1, 0.15) is 5.75 Å². The molecule has 0 spiro atoms. The lowest BCUT2D eigenvalue weighted by Gasteiger charge is -2.17. The van der Waals surface area contributed by atoms with Crippen molar-refractivity contribution in [3.8, 4) is 5.75 Å². The number of carbonyl (C=O) groups is 2. The molecular formula is C18H16N2O5. The third-order valence-electron chi connectivity index (χ3n) is 4.09. The Kier molecular flexibility index (Phi) is 4.47. The molecule has 2 aromatic rings. The monoisotopic (exact) mass is 340 g/mol. The van der Waals surface area contributed by atoms with Gasteiger partial charge in [0.2, 0.25) is 0 Å². The van der Waals surface area contributed by atoms with Gasteiger partial charge in [0.25, 0.3) is 11.6 Å². The smallest absolute Gasteiger partial charge is 0.269 e. The summed E-state index contributed by atoms with van der Waals surface area (Å²) in [6.07, 6.45) is 0.579. The highest BCUT2D eigenvalue weighted by Gasteiger charge is 2.26. The van der Waals surface area contributed by atoms with Crippen molar-refractivity contribution in [1.29, 1.82) is 0 Å². The molecule has 0 atom stereocenters. The van der Waals surface area contributed by atoms with E-state index in [-0.39, 0.29) is 24.0 Å². The molecular weight excluding hydrogens is 324 g/mol. The second kappa shape index (κ2) is 6.72. The quantitative estimate of drug-likeness (QED) is 0.474. The standard InChI is InChI=1S/C18H16N2O5/c1-12(21)13-2-5-16(6-3-13)25-11-18(22)19-9-8-14-10-15(20(23)24)4-7-17(14)19/h2-7,10H,8-9,11H2,1H3. The largest absolute Gasteiger partial charge is 0.484 e. The lowest BCUT2D eigenvalue weighted by molar-refractivity contribution is -0.384. The molecule has 7 heteroatoms. The predicted octanol–water partition coefficient (Wildman–Crippen LogP) is 2.77. The molecule has 0 unspecified atom stereocenters. The SMILES string of the molecule is CC(=O)c1ccc(OCC(=O)N2CCc3cc([N+](=O)[O-])ccc32)cc1. The fraction of sp³-hybridized carbons (Fsp3) is 0.222. The van der Waals surface area contributed by atoms with E-state index in [4.69, 9.17) is 4.74 Å². The van der Waals surface area contributed by atoms with E-state index >= 15 is 0 Å². The summed E-state index contributed by atoms with van der Waals surface area (Å²) in [5, 5.41) is 10.8. The number of anilines is 1. The number of nitrogens with zero attached hydrogens (tertiary/aromatic N) is 2. The average molecular weight is 340 g/mol. The highest BCUT2D eigenvalue weighted by Crippen LogP contribution is 2.31. The first-order valence-corrected chi connectivity index (χ1v) is 7.77. The molecule has 0 saturated carbocycles. The normalized spacial score (nSPS) is 12.6. The van der Waals surface area contributed by atoms with Crippen LogP contribution in [0, 0.1) is 10.1 Å². The zero-order valence-corrected chi connectivity index (χ0v) is 13.6. The summed E-state index contributed by atoms with van der Waals surface area (Å²) in [5.74, 6) is 0.245. The van der Waals surface area contributed by atoms with Gasteiger partial charge in [-0.05, 0) is 49.2 Å². The van der Waals surface area contributed by atoms with Gasteiger partial charge < -0.3 is 9.64 Å². The summed E-state index contributed by atoms with van der Waals surface area (Å²) >= 11 is 0. The number of non-ortho nitro benzene ring substituents is 1. The highest BCUT2D eigenvalue weighted by molar-refractivity contribution is 5.96. The van der Waals surface area contributed by atoms with Crippen LogP contribution in [0.1, 0.15) is 22.8 Å². The first kappa shape index (κ1) is 16.6. The van der Waals surface area contributed by atoms with E-state index in [0.717, 1.165) is 5.56 Å². The van der Waals surface area contributed by atoms with Gasteiger partial charge in [-0.25, -0.2) is 0 Å². The molecule has 0 aliphatic carbocycles. The summed E-state index contributed by atoms with van der Waals surface area (Å²) in [4.78, 5) is 35.6. The molecule has 128 valence electrons. The number of nitro groups is 1. The first-order valence-electron chi connectivity index (χ1n) is 7.77. The first-order chi connectivity index (χ1) is 12.0. The van der Waals surface area contributed by atoms with Crippen LogP contribution in [-0.4, -0.2) is 29.8 Å². The number of hydrogen-bond donors (Lipinski definition) is 0. The molecule has 0 radical (unpaired) electrons. The Morgan fingerprint density at radius 3 is 2.56 bits per heavy atom. The predicted molar refractivity (Wildman–Crippen MR) is 91.1 cm³/mol. The zero-order valence-electron chi connectivity index (χ0n) is 13.6. The summed E-state index contributed by atoms with van der Waals surface area (Å²) in [7, 11) is 0. The second-order valence-electron chi connectivity index (χ2n) is 5.73. The van der Waals surface area contributed by atoms with E-state index in [0.29, 0.717) is 30.0 Å². The highest BCUT2D eigenvalue weighted by atomic mass is 16.6. The number of Topliss-reactive ketones (excluding diaryl/α,β-unsaturated/α-hetero) is 1. The van der Waals surface area contributed by atoms with Crippen LogP contribution >= 0.6 is 0 Å². The van der Waals surface area contributed by atoms with Crippen LogP contribution in [0.3, 0.4) is 0 Å². The van der Waals surface area contributed by atoms with Gasteiger partial charge in [-0.3, -0.25) is 19.7 Å². The van der Waals surface area contributed by atoms with Crippen LogP contribution in [0.2, 0.25) is 0 Å². The van der Waals surface area contributed by atoms with Crippen LogP contribution < -0.4 is 9.64 Å². The number of benzene rings is 2. The Bertz CT molecular complexity index is 845. The molecule has 1 amide bonds. The molecule has 0 aromatic heterocycles. The van der Waals surface area contributed by atoms with Crippen LogP contribution in [0.15, 0.2) is 42.5 Å². The third kappa shape index (κ3) is 3.50. The molecule has 3 rings (SSSR count). The van der Waals surface area contributed by atoms with Crippen molar-refractivity contribution in [1.82, 2.24) is 0 Å². The second-order valence-corrected chi connectivity index (χ2v) is 5.73. The van der Waals surface area contributed by atoms with E-state index in [1.807, 2.05) is 0 Å². The number of nitro benzene ring substituents is 1. The van der Waals surface area contributed by atoms with Gasteiger partial charge in [0, 0.05) is 29.9 Å². The molecule has 0 bridgehead atoms. The lowest BCUT2D eigenvalue weighted by Crippen LogP contribution is -2.33. The number of amides is 1. The van der Waals surface area contributed by atoms with E-state index in [2.05, 4.69) is 0 Å². The number of rotatable bonds is 5. The van der Waals surface area contributed by atoms with E-state index in [9.17, 15) is 19.7 Å². The van der Waals surface area contributed by atoms with Gasteiger partial charge in [-0.1, -0.05) is 0 Å². The fourth-order valence-electron chi connectivity index (χ4n) is 2.77. The molecule has 0 saturated heterocycles. The Morgan fingerprint density at radius 2 is 1.92 bits per heavy atom. The molecule has 1 aliphatic rings. The topological polar surface area (TPSA) is 89.8 Å². The van der Waals surface area contributed by atoms with Crippen molar-refractivity contribution >= 4 is 23.1 Å². The molecule has 0 N–H and O–H groups in total. The molecule has 1 heterocycles. The van der Waals surface area contributed by atoms with Crippen molar-refractivity contribution in [2.75, 3.05) is 18.1 Å². The van der Waals surface area contributed by atoms with Crippen molar-refractivity contribution in [2.24, 2.45) is 0 Å². The van der Waals surface area contributed by atoms with E-state index in [1.54, 1.807) is 35.2 Å². The third-order valence-corrected chi connectivity index (χ3v) is 4.09. The lowest BCUT2D eigenvalue weighted by atomic mass is 10.1. The Labute approximate surface area is 144 Å². The summed E-state index contributed by atoms with van der Waals surface area (Å²) < 4.78 is 5.48. The van der Waals surface area contributed by atoms with Gasteiger partial charge in [0.15, 0.2) is 12.4 Å². The molecule has 0 fully saturated rings. The summed E-state index contributed by atoms with van der Waals surface area (Å²) in [6, 6.07) is 11.1. The maximum absolute atomic E-state index is 12.4. The van der Waals surface area contributed by atoms with Crippen molar-refractivity contribution in [3.05, 3.63) is 63.7 Å². The summed E-state index contributed by atoms with van der Waals surface area (Å²) in [5.41, 5.74) is 2.07. The van der Waals surface area contributed by atoms with E-state index in [1.165, 1.54) is 19.1 Å². The molecule has 25 heavy (non-hydrogen) atoms. The van der Waals surface area contributed by atoms with Crippen LogP contribution in [-0.2, 0) is 11.2 Å². The Morgan fingerprint density at radius 1 is 1.20 bits per heavy atom. The van der Waals surface area contributed by atoms with Gasteiger partial charge in [-0.2, -0.15) is 0 Å². The van der Waals surface area contributed by atoms with Crippen molar-refractivity contribution in [2.45, 2.75) is 13.3 Å². The number of carbonyl (C=O) groups excluding carboxylic acids is 2. The molecule has 7 nitrogen and oxygen atoms in total. The van der Waals surface area contributed by atoms with Crippen LogP contribution in [0.5, 0.6) is 5.75 Å². The van der Waals surface area contributed by atoms with Crippen LogP contribution in [0.25, 0.3) is 0 Å². The van der Waals surface area contributed by atoms with Crippen molar-refractivity contribution in [3.63, 3.8) is 0 Å². The zero-order chi connectivity index (χ0) is 18.0. The van der Waals surface area contributed by atoms with Gasteiger partial charge in [-0.15, -0.1) is 0 Å². The van der Waals surface area contributed by atoms with Crippen LogP contribution in [0.4, 0.5) is 11.4 Å². The Hall–Kier alpha value is -3.22.